The van der Waals surface area contributed by atoms with Crippen molar-refractivity contribution in [3.63, 3.8) is 0 Å². The van der Waals surface area contributed by atoms with Crippen molar-refractivity contribution in [1.82, 2.24) is 14.7 Å². The number of ether oxygens (including phenoxy) is 1. The smallest absolute Gasteiger partial charge is 0.251 e. The van der Waals surface area contributed by atoms with Gasteiger partial charge >= 0.3 is 0 Å². The summed E-state index contributed by atoms with van der Waals surface area (Å²) < 4.78 is 7.65. The first-order valence-corrected chi connectivity index (χ1v) is 11.6. The Bertz CT molecular complexity index is 892. The Balaban J connectivity index is 1.68. The summed E-state index contributed by atoms with van der Waals surface area (Å²) in [6, 6.07) is 4.71. The molecule has 2 aromatic heterocycles. The summed E-state index contributed by atoms with van der Waals surface area (Å²) in [7, 11) is 2.22. The van der Waals surface area contributed by atoms with Gasteiger partial charge in [-0.2, -0.15) is 0 Å². The molecule has 0 radical (unpaired) electrons. The van der Waals surface area contributed by atoms with E-state index in [9.17, 15) is 4.79 Å². The van der Waals surface area contributed by atoms with E-state index in [1.807, 2.05) is 12.1 Å². The second-order valence-corrected chi connectivity index (χ2v) is 9.32. The number of nitrogens with one attached hydrogen (secondary N) is 1. The van der Waals surface area contributed by atoms with E-state index < -0.39 is 0 Å². The first kappa shape index (κ1) is 21.2. The molecule has 30 heavy (non-hydrogen) atoms. The summed E-state index contributed by atoms with van der Waals surface area (Å²) in [5.74, 6) is 1.51. The Morgan fingerprint density at radius 3 is 2.53 bits per heavy atom. The molecule has 4 rings (SSSR count). The summed E-state index contributed by atoms with van der Waals surface area (Å²) in [5, 5.41) is 3.18. The average molecular weight is 413 g/mol. The van der Waals surface area contributed by atoms with Crippen LogP contribution < -0.4 is 10.2 Å². The van der Waals surface area contributed by atoms with E-state index in [0.29, 0.717) is 17.5 Å². The zero-order valence-electron chi connectivity index (χ0n) is 18.9. The van der Waals surface area contributed by atoms with Crippen molar-refractivity contribution >= 4 is 17.4 Å². The Labute approximate surface area is 180 Å². The van der Waals surface area contributed by atoms with Gasteiger partial charge in [0.2, 0.25) is 0 Å². The molecule has 0 atom stereocenters. The highest BCUT2D eigenvalue weighted by atomic mass is 16.5. The maximum Gasteiger partial charge on any atom is 0.251 e. The first-order chi connectivity index (χ1) is 14.5. The number of anilines is 1. The first-order valence-electron chi connectivity index (χ1n) is 11.6. The van der Waals surface area contributed by atoms with E-state index in [1.165, 1.54) is 37.9 Å². The number of aryl methyl sites for hydroxylation is 1. The van der Waals surface area contributed by atoms with E-state index >= 15 is 0 Å². The number of aromatic nitrogens is 2. The Hall–Kier alpha value is -2.08. The van der Waals surface area contributed by atoms with E-state index in [2.05, 4.69) is 42.4 Å². The quantitative estimate of drug-likeness (QED) is 0.789. The second-order valence-electron chi connectivity index (χ2n) is 9.32. The van der Waals surface area contributed by atoms with Gasteiger partial charge in [-0.3, -0.25) is 9.20 Å². The molecule has 1 N–H and O–H groups in total. The van der Waals surface area contributed by atoms with E-state index in [4.69, 9.17) is 9.72 Å². The van der Waals surface area contributed by atoms with Crippen molar-refractivity contribution < 1.29 is 9.53 Å². The largest absolute Gasteiger partial charge is 0.381 e. The number of carbonyl (C=O) groups is 1. The predicted molar refractivity (Wildman–Crippen MR) is 121 cm³/mol. The zero-order chi connectivity index (χ0) is 21.3. The van der Waals surface area contributed by atoms with Gasteiger partial charge in [0.1, 0.15) is 11.5 Å². The molecule has 164 valence electrons. The van der Waals surface area contributed by atoms with Crippen molar-refractivity contribution in [1.29, 1.82) is 0 Å². The van der Waals surface area contributed by atoms with Crippen LogP contribution in [0.3, 0.4) is 0 Å². The minimum atomic E-state index is -0.0104. The van der Waals surface area contributed by atoms with Crippen LogP contribution in [-0.2, 0) is 4.74 Å². The molecule has 1 saturated carbocycles. The topological polar surface area (TPSA) is 58.9 Å². The molecule has 0 spiro atoms. The minimum absolute atomic E-state index is 0.0104. The molecule has 0 aromatic carbocycles. The van der Waals surface area contributed by atoms with Crippen LogP contribution in [0.1, 0.15) is 86.5 Å². The van der Waals surface area contributed by atoms with Gasteiger partial charge in [-0.1, -0.05) is 33.1 Å². The van der Waals surface area contributed by atoms with E-state index in [0.717, 1.165) is 43.1 Å². The fourth-order valence-electron chi connectivity index (χ4n) is 4.97. The lowest BCUT2D eigenvalue weighted by Crippen LogP contribution is -2.39. The van der Waals surface area contributed by atoms with Gasteiger partial charge < -0.3 is 15.0 Å². The number of hydrogen-bond acceptors (Lipinski definition) is 4. The van der Waals surface area contributed by atoms with Crippen molar-refractivity contribution in [3.05, 3.63) is 29.1 Å². The summed E-state index contributed by atoms with van der Waals surface area (Å²) in [5.41, 5.74) is 3.74. The van der Waals surface area contributed by atoms with Gasteiger partial charge in [-0.25, -0.2) is 4.98 Å². The number of nitrogens with zero attached hydrogens (tertiary/aromatic N) is 3. The molecule has 2 aromatic rings. The number of carbonyl (C=O) groups excluding carboxylic acids is 1. The minimum Gasteiger partial charge on any atom is -0.381 e. The zero-order valence-corrected chi connectivity index (χ0v) is 18.9. The van der Waals surface area contributed by atoms with E-state index in [-0.39, 0.29) is 11.9 Å². The standard InChI is InChI=1S/C24H36N4O2/c1-16(2)22-24(27(4)20-8-6-5-7-9-20)28-17(3)14-18(15-21(28)26-22)23(29)25-19-10-12-30-13-11-19/h14-16,19-20H,5-13H2,1-4H3,(H,25,29). The van der Waals surface area contributed by atoms with Crippen molar-refractivity contribution in [2.75, 3.05) is 25.2 Å². The SMILES string of the molecule is Cc1cc(C(=O)NC2CCOCC2)cc2nc(C(C)C)c(N(C)C3CCCCC3)n12. The third-order valence-corrected chi connectivity index (χ3v) is 6.73. The lowest BCUT2D eigenvalue weighted by molar-refractivity contribution is 0.0696. The fourth-order valence-corrected chi connectivity index (χ4v) is 4.97. The number of pyridine rings is 1. The molecule has 0 bridgehead atoms. The van der Waals surface area contributed by atoms with Crippen molar-refractivity contribution in [2.24, 2.45) is 0 Å². The number of rotatable bonds is 5. The van der Waals surface area contributed by atoms with Crippen molar-refractivity contribution in [3.8, 4) is 0 Å². The highest BCUT2D eigenvalue weighted by Gasteiger charge is 2.27. The fraction of sp³-hybridized carbons (Fsp3) is 0.667. The van der Waals surface area contributed by atoms with Crippen LogP contribution in [0.5, 0.6) is 0 Å². The summed E-state index contributed by atoms with van der Waals surface area (Å²) in [4.78, 5) is 20.4. The second kappa shape index (κ2) is 8.96. The van der Waals surface area contributed by atoms with Crippen LogP contribution in [-0.4, -0.2) is 47.6 Å². The van der Waals surface area contributed by atoms with Gasteiger partial charge in [0, 0.05) is 43.6 Å². The monoisotopic (exact) mass is 412 g/mol. The van der Waals surface area contributed by atoms with Gasteiger partial charge in [0.25, 0.3) is 5.91 Å². The summed E-state index contributed by atoms with van der Waals surface area (Å²) >= 11 is 0. The molecule has 6 heteroatoms. The molecule has 0 unspecified atom stereocenters. The van der Waals surface area contributed by atoms with Crippen LogP contribution in [0.25, 0.3) is 5.65 Å². The summed E-state index contributed by atoms with van der Waals surface area (Å²) in [6.45, 7) is 7.93. The molecular formula is C24H36N4O2. The van der Waals surface area contributed by atoms with Crippen LogP contribution >= 0.6 is 0 Å². The highest BCUT2D eigenvalue weighted by Crippen LogP contribution is 2.34. The molecule has 1 aliphatic heterocycles. The Kier molecular flexibility index (Phi) is 6.32. The molecule has 2 aliphatic rings. The van der Waals surface area contributed by atoms with E-state index in [1.54, 1.807) is 0 Å². The van der Waals surface area contributed by atoms with Crippen LogP contribution in [0, 0.1) is 6.92 Å². The molecule has 1 aliphatic carbocycles. The van der Waals surface area contributed by atoms with Crippen LogP contribution in [0.15, 0.2) is 12.1 Å². The lowest BCUT2D eigenvalue weighted by Gasteiger charge is -2.33. The maximum absolute atomic E-state index is 12.9. The lowest BCUT2D eigenvalue weighted by atomic mass is 9.94. The number of imidazole rings is 1. The normalized spacial score (nSPS) is 18.8. The molecule has 3 heterocycles. The van der Waals surface area contributed by atoms with Gasteiger partial charge in [0.15, 0.2) is 0 Å². The van der Waals surface area contributed by atoms with Gasteiger partial charge in [-0.15, -0.1) is 0 Å². The highest BCUT2D eigenvalue weighted by molar-refractivity contribution is 5.95. The molecule has 2 fully saturated rings. The van der Waals surface area contributed by atoms with Gasteiger partial charge in [0.05, 0.1) is 5.69 Å². The molecule has 6 nitrogen and oxygen atoms in total. The predicted octanol–water partition coefficient (Wildman–Crippen LogP) is 4.44. The average Bonchev–Trinajstić information content (AvgIpc) is 3.15. The number of fused-ring (bicyclic) bond motifs is 1. The van der Waals surface area contributed by atoms with Crippen molar-refractivity contribution in [2.45, 2.75) is 83.7 Å². The number of hydrogen-bond donors (Lipinski definition) is 1. The Morgan fingerprint density at radius 1 is 1.17 bits per heavy atom. The molecular weight excluding hydrogens is 376 g/mol. The number of amides is 1. The third kappa shape index (κ3) is 4.20. The molecule has 1 saturated heterocycles. The van der Waals surface area contributed by atoms with Gasteiger partial charge in [-0.05, 0) is 50.7 Å². The van der Waals surface area contributed by atoms with Crippen LogP contribution in [0.2, 0.25) is 0 Å². The molecule has 1 amide bonds. The van der Waals surface area contributed by atoms with Crippen LogP contribution in [0.4, 0.5) is 5.82 Å². The summed E-state index contributed by atoms with van der Waals surface area (Å²) in [6.07, 6.45) is 8.20. The Morgan fingerprint density at radius 2 is 1.87 bits per heavy atom. The third-order valence-electron chi connectivity index (χ3n) is 6.73. The maximum atomic E-state index is 12.9.